The lowest BCUT2D eigenvalue weighted by molar-refractivity contribution is -0.0905. The number of hydrogen-bond donors (Lipinski definition) is 1. The Morgan fingerprint density at radius 3 is 2.61 bits per heavy atom. The monoisotopic (exact) mass is 318 g/mol. The van der Waals surface area contributed by atoms with E-state index in [1.807, 2.05) is 0 Å². The fourth-order valence-electron chi connectivity index (χ4n) is 3.03. The molecule has 0 spiro atoms. The zero-order valence-corrected chi connectivity index (χ0v) is 13.3. The average Bonchev–Trinajstić information content (AvgIpc) is 2.84. The molecule has 1 aromatic rings. The molecule has 1 fully saturated rings. The molecule has 6 heteroatoms. The van der Waals surface area contributed by atoms with Crippen LogP contribution in [0.5, 0.6) is 0 Å². The van der Waals surface area contributed by atoms with Crippen molar-refractivity contribution in [3.05, 3.63) is 35.4 Å². The van der Waals surface area contributed by atoms with Crippen LogP contribution in [0.25, 0.3) is 0 Å². The lowest BCUT2D eigenvalue weighted by atomic mass is 9.95. The number of ether oxygens (including phenoxy) is 1. The molecule has 0 saturated carbocycles. The van der Waals surface area contributed by atoms with E-state index in [4.69, 9.17) is 9.57 Å². The average molecular weight is 318 g/mol. The van der Waals surface area contributed by atoms with E-state index in [2.05, 4.69) is 12.2 Å². The molecular weight excluding hydrogens is 296 g/mol. The van der Waals surface area contributed by atoms with Crippen LogP contribution >= 0.6 is 0 Å². The van der Waals surface area contributed by atoms with E-state index in [0.29, 0.717) is 29.6 Å². The molecule has 0 aromatic heterocycles. The van der Waals surface area contributed by atoms with Gasteiger partial charge in [-0.15, -0.1) is 5.06 Å². The van der Waals surface area contributed by atoms with Crippen LogP contribution in [-0.2, 0) is 9.57 Å². The van der Waals surface area contributed by atoms with Crippen molar-refractivity contribution in [1.82, 2.24) is 10.4 Å². The fourth-order valence-corrected chi connectivity index (χ4v) is 3.03. The summed E-state index contributed by atoms with van der Waals surface area (Å²) in [4.78, 5) is 29.6. The number of nitrogens with zero attached hydrogens (tertiary/aromatic N) is 1. The maximum atomic E-state index is 12.1. The van der Waals surface area contributed by atoms with Crippen molar-refractivity contribution >= 4 is 11.8 Å². The number of fused-ring (bicyclic) bond motifs is 1. The van der Waals surface area contributed by atoms with E-state index in [1.54, 1.807) is 24.3 Å². The van der Waals surface area contributed by atoms with Crippen molar-refractivity contribution in [3.8, 4) is 0 Å². The van der Waals surface area contributed by atoms with Crippen LogP contribution in [0, 0.1) is 5.92 Å². The van der Waals surface area contributed by atoms with Crippen LogP contribution in [0.15, 0.2) is 24.3 Å². The third-order valence-electron chi connectivity index (χ3n) is 4.45. The number of hydroxylamine groups is 2. The normalized spacial score (nSPS) is 22.3. The van der Waals surface area contributed by atoms with E-state index >= 15 is 0 Å². The van der Waals surface area contributed by atoms with Gasteiger partial charge in [-0.3, -0.25) is 14.4 Å². The lowest BCUT2D eigenvalue weighted by Gasteiger charge is -2.28. The molecule has 1 aromatic carbocycles. The maximum Gasteiger partial charge on any atom is 0.285 e. The minimum absolute atomic E-state index is 0.267. The molecular formula is C17H22N2O4. The van der Waals surface area contributed by atoms with Gasteiger partial charge in [-0.05, 0) is 37.8 Å². The van der Waals surface area contributed by atoms with Gasteiger partial charge in [-0.1, -0.05) is 12.1 Å². The van der Waals surface area contributed by atoms with Gasteiger partial charge in [0.2, 0.25) is 0 Å². The Morgan fingerprint density at radius 2 is 2.00 bits per heavy atom. The number of hydrogen-bond acceptors (Lipinski definition) is 5. The van der Waals surface area contributed by atoms with Crippen molar-refractivity contribution in [2.24, 2.45) is 5.92 Å². The summed E-state index contributed by atoms with van der Waals surface area (Å²) in [6, 6.07) is 7.08. The predicted octanol–water partition coefficient (Wildman–Crippen LogP) is 1.62. The number of amides is 2. The molecule has 1 N–H and O–H groups in total. The number of carbonyl (C=O) groups is 2. The Labute approximate surface area is 135 Å². The molecule has 124 valence electrons. The minimum Gasteiger partial charge on any atom is -0.381 e. The molecule has 2 atom stereocenters. The van der Waals surface area contributed by atoms with Crippen LogP contribution in [-0.4, -0.2) is 49.3 Å². The largest absolute Gasteiger partial charge is 0.381 e. The van der Waals surface area contributed by atoms with E-state index < -0.39 is 0 Å². The topological polar surface area (TPSA) is 67.9 Å². The minimum atomic E-state index is -0.390. The first-order valence-corrected chi connectivity index (χ1v) is 8.10. The van der Waals surface area contributed by atoms with Gasteiger partial charge in [0.15, 0.2) is 0 Å². The van der Waals surface area contributed by atoms with E-state index in [1.165, 1.54) is 0 Å². The van der Waals surface area contributed by atoms with Crippen LogP contribution < -0.4 is 5.32 Å². The maximum absolute atomic E-state index is 12.1. The van der Waals surface area contributed by atoms with Crippen molar-refractivity contribution < 1.29 is 19.2 Å². The number of nitrogens with one attached hydrogen (secondary N) is 1. The Balaban J connectivity index is 1.45. The van der Waals surface area contributed by atoms with Crippen molar-refractivity contribution in [3.63, 3.8) is 0 Å². The van der Waals surface area contributed by atoms with Crippen LogP contribution in [0.4, 0.5) is 0 Å². The molecule has 2 unspecified atom stereocenters. The summed E-state index contributed by atoms with van der Waals surface area (Å²) < 4.78 is 5.49. The summed E-state index contributed by atoms with van der Waals surface area (Å²) in [5.41, 5.74) is 0.802. The van der Waals surface area contributed by atoms with Gasteiger partial charge in [0.05, 0.1) is 24.3 Å². The highest BCUT2D eigenvalue weighted by molar-refractivity contribution is 6.20. The molecule has 1 saturated heterocycles. The van der Waals surface area contributed by atoms with Crippen molar-refractivity contribution in [1.29, 1.82) is 0 Å². The lowest BCUT2D eigenvalue weighted by Crippen LogP contribution is -2.40. The Kier molecular flexibility index (Phi) is 5.05. The Bertz CT molecular complexity index is 549. The first-order chi connectivity index (χ1) is 11.2. The summed E-state index contributed by atoms with van der Waals surface area (Å²) in [5.74, 6) is -0.276. The molecule has 0 bridgehead atoms. The molecule has 2 aliphatic heterocycles. The zero-order valence-electron chi connectivity index (χ0n) is 13.3. The summed E-state index contributed by atoms with van der Waals surface area (Å²) in [6.07, 6.45) is 2.26. The van der Waals surface area contributed by atoms with E-state index in [-0.39, 0.29) is 18.4 Å². The summed E-state index contributed by atoms with van der Waals surface area (Å²) >= 11 is 0. The van der Waals surface area contributed by atoms with Gasteiger partial charge in [0, 0.05) is 19.2 Å². The van der Waals surface area contributed by atoms with Crippen molar-refractivity contribution in [2.75, 3.05) is 26.4 Å². The fraction of sp³-hybridized carbons (Fsp3) is 0.529. The smallest absolute Gasteiger partial charge is 0.285 e. The number of benzene rings is 1. The molecule has 6 nitrogen and oxygen atoms in total. The Hall–Kier alpha value is -1.76. The number of imide groups is 1. The highest BCUT2D eigenvalue weighted by atomic mass is 16.7. The van der Waals surface area contributed by atoms with Crippen molar-refractivity contribution in [2.45, 2.75) is 25.8 Å². The number of rotatable bonds is 6. The third kappa shape index (κ3) is 3.44. The molecule has 2 heterocycles. The standard InChI is InChI=1S/C17H22N2O4/c1-12(13-5-4-9-22-11-13)18-8-10-23-19-16(20)14-6-2-3-7-15(14)17(19)21/h2-3,6-7,12-13,18H,4-5,8-11H2,1H3. The highest BCUT2D eigenvalue weighted by Gasteiger charge is 2.36. The highest BCUT2D eigenvalue weighted by Crippen LogP contribution is 2.22. The van der Waals surface area contributed by atoms with Crippen LogP contribution in [0.2, 0.25) is 0 Å². The molecule has 2 amide bonds. The van der Waals surface area contributed by atoms with E-state index in [9.17, 15) is 9.59 Å². The summed E-state index contributed by atoms with van der Waals surface area (Å²) in [5, 5.41) is 4.23. The third-order valence-corrected chi connectivity index (χ3v) is 4.45. The van der Waals surface area contributed by atoms with Gasteiger partial charge in [-0.2, -0.15) is 0 Å². The summed E-state index contributed by atoms with van der Waals surface area (Å²) in [7, 11) is 0. The van der Waals surface area contributed by atoms with Gasteiger partial charge in [0.1, 0.15) is 0 Å². The Morgan fingerprint density at radius 1 is 1.30 bits per heavy atom. The molecule has 3 rings (SSSR count). The second kappa shape index (κ2) is 7.21. The SMILES string of the molecule is CC(NCCON1C(=O)c2ccccc2C1=O)C1CCCOC1. The second-order valence-corrected chi connectivity index (χ2v) is 6.00. The van der Waals surface area contributed by atoms with Gasteiger partial charge in [-0.25, -0.2) is 0 Å². The molecule has 23 heavy (non-hydrogen) atoms. The molecule has 0 aliphatic carbocycles. The van der Waals surface area contributed by atoms with Gasteiger partial charge < -0.3 is 10.1 Å². The second-order valence-electron chi connectivity index (χ2n) is 6.00. The van der Waals surface area contributed by atoms with E-state index in [0.717, 1.165) is 31.1 Å². The summed E-state index contributed by atoms with van der Waals surface area (Å²) in [6.45, 7) is 4.61. The van der Waals surface area contributed by atoms with Gasteiger partial charge >= 0.3 is 0 Å². The first kappa shape index (κ1) is 16.1. The predicted molar refractivity (Wildman–Crippen MR) is 83.9 cm³/mol. The van der Waals surface area contributed by atoms with Crippen LogP contribution in [0.1, 0.15) is 40.5 Å². The zero-order chi connectivity index (χ0) is 16.2. The first-order valence-electron chi connectivity index (χ1n) is 8.10. The van der Waals surface area contributed by atoms with Gasteiger partial charge in [0.25, 0.3) is 11.8 Å². The number of carbonyl (C=O) groups excluding carboxylic acids is 2. The van der Waals surface area contributed by atoms with Crippen LogP contribution in [0.3, 0.4) is 0 Å². The quantitative estimate of drug-likeness (QED) is 0.638. The molecule has 2 aliphatic rings. The molecule has 0 radical (unpaired) electrons.